The zero-order chi connectivity index (χ0) is 17.5. The van der Waals surface area contributed by atoms with Crippen molar-refractivity contribution in [1.82, 2.24) is 4.90 Å². The van der Waals surface area contributed by atoms with Crippen molar-refractivity contribution in [2.45, 2.75) is 19.8 Å². The molecule has 2 rings (SSSR count). The van der Waals surface area contributed by atoms with Gasteiger partial charge in [-0.1, -0.05) is 41.9 Å². The summed E-state index contributed by atoms with van der Waals surface area (Å²) < 4.78 is 5.24. The molecule has 1 aromatic rings. The number of unbranched alkanes of at least 4 members (excludes halogenated alkanes) is 1. The zero-order valence-electron chi connectivity index (χ0n) is 13.5. The van der Waals surface area contributed by atoms with E-state index in [1.165, 1.54) is 25.1 Å². The molecule has 1 aromatic carbocycles. The summed E-state index contributed by atoms with van der Waals surface area (Å²) in [5, 5.41) is 13.0. The van der Waals surface area contributed by atoms with Crippen molar-refractivity contribution in [3.8, 4) is 5.75 Å². The second kappa shape index (κ2) is 8.80. The molecule has 0 atom stereocenters. The van der Waals surface area contributed by atoms with E-state index in [1.54, 1.807) is 24.3 Å². The number of oxime groups is 1. The fourth-order valence-electron chi connectivity index (χ4n) is 2.22. The number of allylic oxidation sites excluding steroid dienone is 2. The lowest BCUT2D eigenvalue weighted by Crippen LogP contribution is -2.14. The third kappa shape index (κ3) is 4.55. The van der Waals surface area contributed by atoms with Gasteiger partial charge in [0.1, 0.15) is 5.75 Å². The van der Waals surface area contributed by atoms with Crippen molar-refractivity contribution in [1.29, 1.82) is 0 Å². The van der Waals surface area contributed by atoms with Gasteiger partial charge in [-0.3, -0.25) is 4.79 Å². The lowest BCUT2D eigenvalue weighted by molar-refractivity contribution is 0.104. The van der Waals surface area contributed by atoms with Gasteiger partial charge in [0.25, 0.3) is 0 Å². The highest BCUT2D eigenvalue weighted by Crippen LogP contribution is 2.36. The minimum Gasteiger partial charge on any atom is -0.496 e. The molecule has 1 N–H and O–H groups in total. The maximum Gasteiger partial charge on any atom is 0.192 e. The van der Waals surface area contributed by atoms with Crippen LogP contribution in [0.4, 0.5) is 0 Å². The number of hydrogen-bond acceptors (Lipinski definition) is 6. The normalized spacial score (nSPS) is 16.0. The van der Waals surface area contributed by atoms with Crippen molar-refractivity contribution in [3.05, 3.63) is 51.0 Å². The van der Waals surface area contributed by atoms with Crippen molar-refractivity contribution < 1.29 is 14.7 Å². The van der Waals surface area contributed by atoms with Crippen LogP contribution in [0.5, 0.6) is 5.75 Å². The van der Waals surface area contributed by atoms with Crippen LogP contribution in [-0.4, -0.2) is 35.8 Å². The Hall–Kier alpha value is -1.92. The molecule has 0 bridgehead atoms. The molecule has 0 saturated carbocycles. The molecule has 1 heterocycles. The fourth-order valence-corrected chi connectivity index (χ4v) is 3.34. The molecule has 0 radical (unpaired) electrons. The van der Waals surface area contributed by atoms with Gasteiger partial charge in [-0.05, 0) is 24.6 Å². The van der Waals surface area contributed by atoms with E-state index in [0.29, 0.717) is 16.3 Å². The highest BCUT2D eigenvalue weighted by atomic mass is 35.5. The predicted octanol–water partition coefficient (Wildman–Crippen LogP) is 4.52. The van der Waals surface area contributed by atoms with Gasteiger partial charge in [-0.15, -0.1) is 0 Å². The molecule has 0 aromatic heterocycles. The van der Waals surface area contributed by atoms with E-state index in [0.717, 1.165) is 29.3 Å². The first-order valence-corrected chi connectivity index (χ1v) is 8.71. The van der Waals surface area contributed by atoms with Crippen LogP contribution in [0.1, 0.15) is 30.1 Å². The molecule has 0 unspecified atom stereocenters. The van der Waals surface area contributed by atoms with Crippen molar-refractivity contribution in [2.24, 2.45) is 5.16 Å². The summed E-state index contributed by atoms with van der Waals surface area (Å²) in [7, 11) is 1.52. The Morgan fingerprint density at radius 2 is 2.29 bits per heavy atom. The topological polar surface area (TPSA) is 62.1 Å². The van der Waals surface area contributed by atoms with Gasteiger partial charge in [0.05, 0.1) is 28.8 Å². The minimum atomic E-state index is -0.186. The van der Waals surface area contributed by atoms with Gasteiger partial charge in [0, 0.05) is 23.8 Å². The Kier molecular flexibility index (Phi) is 6.75. The van der Waals surface area contributed by atoms with Crippen molar-refractivity contribution in [2.75, 3.05) is 13.7 Å². The van der Waals surface area contributed by atoms with Crippen LogP contribution in [0.25, 0.3) is 0 Å². The SMILES string of the molecule is CCCCN1C=C(C=NO)SC1=CC(=O)c1cc(Cl)ccc1OC. The van der Waals surface area contributed by atoms with Gasteiger partial charge in [-0.25, -0.2) is 0 Å². The number of ether oxygens (including phenoxy) is 1. The summed E-state index contributed by atoms with van der Waals surface area (Å²) in [6.07, 6.45) is 6.82. The molecule has 0 aliphatic carbocycles. The van der Waals surface area contributed by atoms with Crippen LogP contribution < -0.4 is 4.74 Å². The lowest BCUT2D eigenvalue weighted by Gasteiger charge is -2.16. The van der Waals surface area contributed by atoms with Crippen molar-refractivity contribution >= 4 is 35.4 Å². The van der Waals surface area contributed by atoms with E-state index in [-0.39, 0.29) is 5.78 Å². The molecule has 0 saturated heterocycles. The van der Waals surface area contributed by atoms with E-state index >= 15 is 0 Å². The number of benzene rings is 1. The van der Waals surface area contributed by atoms with Crippen LogP contribution in [0.15, 0.2) is 45.6 Å². The third-order valence-electron chi connectivity index (χ3n) is 3.41. The van der Waals surface area contributed by atoms with Crippen molar-refractivity contribution in [3.63, 3.8) is 0 Å². The summed E-state index contributed by atoms with van der Waals surface area (Å²) in [4.78, 5) is 15.4. The number of hydrogen-bond donors (Lipinski definition) is 1. The first-order valence-electron chi connectivity index (χ1n) is 7.52. The number of nitrogens with zero attached hydrogens (tertiary/aromatic N) is 2. The van der Waals surface area contributed by atoms with E-state index in [1.807, 2.05) is 11.1 Å². The third-order valence-corrected chi connectivity index (χ3v) is 4.65. The molecule has 1 aliphatic rings. The predicted molar refractivity (Wildman–Crippen MR) is 98.0 cm³/mol. The number of halogens is 1. The Bertz CT molecular complexity index is 701. The summed E-state index contributed by atoms with van der Waals surface area (Å²) in [6, 6.07) is 4.95. The molecular formula is C17H19ClN2O3S. The van der Waals surface area contributed by atoms with E-state index < -0.39 is 0 Å². The van der Waals surface area contributed by atoms with Gasteiger partial charge in [-0.2, -0.15) is 0 Å². The number of ketones is 1. The number of rotatable bonds is 7. The zero-order valence-corrected chi connectivity index (χ0v) is 15.1. The fraction of sp³-hybridized carbons (Fsp3) is 0.294. The van der Waals surface area contributed by atoms with E-state index in [2.05, 4.69) is 12.1 Å². The second-order valence-corrected chi connectivity index (χ2v) is 6.65. The molecular weight excluding hydrogens is 348 g/mol. The molecule has 128 valence electrons. The van der Waals surface area contributed by atoms with Crippen LogP contribution >= 0.6 is 23.4 Å². The van der Waals surface area contributed by atoms with Gasteiger partial charge < -0.3 is 14.8 Å². The average molecular weight is 367 g/mol. The summed E-state index contributed by atoms with van der Waals surface area (Å²) in [5.41, 5.74) is 0.415. The Morgan fingerprint density at radius 1 is 1.50 bits per heavy atom. The number of thioether (sulfide) groups is 1. The molecule has 7 heteroatoms. The Morgan fingerprint density at radius 3 is 2.96 bits per heavy atom. The molecule has 0 spiro atoms. The first-order chi connectivity index (χ1) is 11.6. The van der Waals surface area contributed by atoms with Crippen LogP contribution in [0.2, 0.25) is 5.02 Å². The second-order valence-electron chi connectivity index (χ2n) is 5.12. The maximum absolute atomic E-state index is 12.7. The van der Waals surface area contributed by atoms with E-state index in [9.17, 15) is 4.79 Å². The van der Waals surface area contributed by atoms with Crippen LogP contribution in [0, 0.1) is 0 Å². The highest BCUT2D eigenvalue weighted by molar-refractivity contribution is 8.07. The Labute approximate surface area is 150 Å². The number of methoxy groups -OCH3 is 1. The monoisotopic (exact) mass is 366 g/mol. The van der Waals surface area contributed by atoms with Gasteiger partial charge in [0.15, 0.2) is 5.78 Å². The van der Waals surface area contributed by atoms with E-state index in [4.69, 9.17) is 21.5 Å². The minimum absolute atomic E-state index is 0.186. The standard InChI is InChI=1S/C17H19ClN2O3S/c1-3-4-7-20-11-13(10-19-22)24-17(20)9-15(21)14-8-12(18)5-6-16(14)23-2/h5-6,8-11,22H,3-4,7H2,1-2H3. The van der Waals surface area contributed by atoms with Gasteiger partial charge in [0.2, 0.25) is 0 Å². The highest BCUT2D eigenvalue weighted by Gasteiger charge is 2.21. The Balaban J connectivity index is 2.28. The summed E-state index contributed by atoms with van der Waals surface area (Å²) >= 11 is 7.38. The number of carbonyl (C=O) groups excluding carboxylic acids is 1. The maximum atomic E-state index is 12.7. The van der Waals surface area contributed by atoms with Crippen LogP contribution in [0.3, 0.4) is 0 Å². The lowest BCUT2D eigenvalue weighted by atomic mass is 10.1. The van der Waals surface area contributed by atoms with Crippen LogP contribution in [-0.2, 0) is 0 Å². The largest absolute Gasteiger partial charge is 0.496 e. The molecule has 0 amide bonds. The quantitative estimate of drug-likeness (QED) is 0.253. The molecule has 24 heavy (non-hydrogen) atoms. The molecule has 0 fully saturated rings. The molecule has 1 aliphatic heterocycles. The molecule has 5 nitrogen and oxygen atoms in total. The average Bonchev–Trinajstić information content (AvgIpc) is 2.94. The number of carbonyl (C=O) groups is 1. The summed E-state index contributed by atoms with van der Waals surface area (Å²) in [6.45, 7) is 2.90. The van der Waals surface area contributed by atoms with Gasteiger partial charge >= 0.3 is 0 Å². The smallest absolute Gasteiger partial charge is 0.192 e. The summed E-state index contributed by atoms with van der Waals surface area (Å²) in [5.74, 6) is 0.295. The first kappa shape index (κ1) is 18.4.